The molecule has 0 N–H and O–H groups in total. The van der Waals surface area contributed by atoms with E-state index in [4.69, 9.17) is 4.42 Å². The quantitative estimate of drug-likeness (QED) is 0.165. The van der Waals surface area contributed by atoms with E-state index in [0.29, 0.717) is 0 Å². The summed E-state index contributed by atoms with van der Waals surface area (Å²) in [5.74, 6) is 0. The summed E-state index contributed by atoms with van der Waals surface area (Å²) < 4.78 is 6.58. The third kappa shape index (κ3) is 7.12. The molecule has 3 heterocycles. The van der Waals surface area contributed by atoms with Gasteiger partial charge in [0.2, 0.25) is 0 Å². The molecule has 8 aromatic rings. The van der Waals surface area contributed by atoms with Gasteiger partial charge in [0, 0.05) is 44.9 Å². The first kappa shape index (κ1) is 48.6. The van der Waals surface area contributed by atoms with Crippen molar-refractivity contribution >= 4 is 79.2 Å². The van der Waals surface area contributed by atoms with E-state index in [9.17, 15) is 0 Å². The summed E-state index contributed by atoms with van der Waals surface area (Å²) in [6.07, 6.45) is 7.04. The van der Waals surface area contributed by atoms with E-state index in [1.165, 1.54) is 137 Å². The first-order valence-electron chi connectivity index (χ1n) is 28.5. The number of fused-ring (bicyclic) bond motifs is 10. The maximum atomic E-state index is 6.58. The Morgan fingerprint density at radius 1 is 0.440 bits per heavy atom. The molecule has 0 amide bonds. The fraction of sp³-hybridized carbons (Fsp3) is 0.408. The Morgan fingerprint density at radius 2 is 0.960 bits per heavy atom. The van der Waals surface area contributed by atoms with Gasteiger partial charge in [-0.3, -0.25) is 0 Å². The van der Waals surface area contributed by atoms with Crippen molar-refractivity contribution < 1.29 is 4.42 Å². The second kappa shape index (κ2) is 15.6. The van der Waals surface area contributed by atoms with E-state index in [1.54, 1.807) is 0 Å². The molecule has 0 bridgehead atoms. The lowest BCUT2D eigenvalue weighted by atomic mass is 9.33. The van der Waals surface area contributed by atoms with Gasteiger partial charge in [-0.2, -0.15) is 0 Å². The van der Waals surface area contributed by atoms with Crippen LogP contribution >= 0.6 is 0 Å². The highest BCUT2D eigenvalue weighted by Crippen LogP contribution is 2.55. The smallest absolute Gasteiger partial charge is 0.252 e. The standard InChI is InChI=1S/C71H79BN2O/c1-42-34-49-52(70(13,14)32-30-67(49,7)8)40-57(42)74-56-27-24-43(46-21-19-23-62-63(46)47-20-17-18-22-61(47)75-62)35-54(56)72-55-39-51-53(71(15,16)33-31-69(51,11)12)41-58(55)73(59-36-44(65(2,3)4)37-60(74)64(59)72)45-25-26-48-50(38-45)68(9,10)29-28-66(48,5)6/h17-27,34-41H,28-33H2,1-16H3. The van der Waals surface area contributed by atoms with Crippen molar-refractivity contribution in [2.45, 2.75) is 187 Å². The normalized spacial score (nSPS) is 20.0. The third-order valence-electron chi connectivity index (χ3n) is 20.1. The van der Waals surface area contributed by atoms with Gasteiger partial charge >= 0.3 is 0 Å². The van der Waals surface area contributed by atoms with E-state index in [1.807, 2.05) is 0 Å². The Labute approximate surface area is 449 Å². The molecule has 3 aliphatic carbocycles. The molecular formula is C71H79BN2O. The maximum Gasteiger partial charge on any atom is 0.252 e. The first-order valence-corrected chi connectivity index (χ1v) is 28.5. The summed E-state index contributed by atoms with van der Waals surface area (Å²) in [4.78, 5) is 5.46. The second-order valence-electron chi connectivity index (χ2n) is 29.0. The van der Waals surface area contributed by atoms with Gasteiger partial charge in [0.1, 0.15) is 11.2 Å². The van der Waals surface area contributed by atoms with Crippen LogP contribution in [0.2, 0.25) is 0 Å². The predicted molar refractivity (Wildman–Crippen MR) is 322 cm³/mol. The Balaban J connectivity index is 1.18. The molecule has 0 atom stereocenters. The number of benzene rings is 7. The molecule has 2 aliphatic heterocycles. The van der Waals surface area contributed by atoms with Crippen LogP contribution in [0.1, 0.15) is 187 Å². The Bertz CT molecular complexity index is 3750. The van der Waals surface area contributed by atoms with Crippen LogP contribution in [-0.4, -0.2) is 6.71 Å². The van der Waals surface area contributed by atoms with Crippen molar-refractivity contribution in [2.75, 3.05) is 9.80 Å². The average molecular weight is 987 g/mol. The van der Waals surface area contributed by atoms with Gasteiger partial charge in [-0.1, -0.05) is 165 Å². The number of para-hydroxylation sites is 1. The van der Waals surface area contributed by atoms with Gasteiger partial charge in [-0.15, -0.1) is 0 Å². The summed E-state index contributed by atoms with van der Waals surface area (Å²) in [5.41, 5.74) is 28.1. The minimum Gasteiger partial charge on any atom is -0.456 e. The highest BCUT2D eigenvalue weighted by molar-refractivity contribution is 7.00. The zero-order valence-corrected chi connectivity index (χ0v) is 48.1. The van der Waals surface area contributed by atoms with Crippen LogP contribution in [0, 0.1) is 6.92 Å². The average Bonchev–Trinajstić information content (AvgIpc) is 3.79. The van der Waals surface area contributed by atoms with E-state index in [-0.39, 0.29) is 44.6 Å². The summed E-state index contributed by atoms with van der Waals surface area (Å²) in [6, 6.07) is 46.1. The number of hydrogen-bond acceptors (Lipinski definition) is 3. The summed E-state index contributed by atoms with van der Waals surface area (Å²) >= 11 is 0. The number of aryl methyl sites for hydroxylation is 1. The van der Waals surface area contributed by atoms with E-state index >= 15 is 0 Å². The Kier molecular flexibility index (Phi) is 10.1. The number of rotatable bonds is 3. The second-order valence-corrected chi connectivity index (χ2v) is 29.0. The van der Waals surface area contributed by atoms with Crippen LogP contribution in [0.15, 0.2) is 120 Å². The molecule has 0 saturated carbocycles. The van der Waals surface area contributed by atoms with Gasteiger partial charge in [0.25, 0.3) is 6.71 Å². The number of furan rings is 1. The molecule has 0 radical (unpaired) electrons. The number of anilines is 6. The van der Waals surface area contributed by atoms with Crippen molar-refractivity contribution in [2.24, 2.45) is 0 Å². The molecule has 0 fully saturated rings. The van der Waals surface area contributed by atoms with Gasteiger partial charge < -0.3 is 14.2 Å². The zero-order valence-electron chi connectivity index (χ0n) is 48.1. The lowest BCUT2D eigenvalue weighted by Gasteiger charge is -2.49. The van der Waals surface area contributed by atoms with Gasteiger partial charge in [-0.25, -0.2) is 0 Å². The van der Waals surface area contributed by atoms with Crippen LogP contribution in [0.3, 0.4) is 0 Å². The predicted octanol–water partition coefficient (Wildman–Crippen LogP) is 18.0. The van der Waals surface area contributed by atoms with E-state index < -0.39 is 0 Å². The molecule has 5 aliphatic rings. The van der Waals surface area contributed by atoms with Crippen molar-refractivity contribution in [3.8, 4) is 11.1 Å². The van der Waals surface area contributed by atoms with Gasteiger partial charge in [0.15, 0.2) is 0 Å². The molecule has 0 unspecified atom stereocenters. The molecule has 13 rings (SSSR count). The fourth-order valence-corrected chi connectivity index (χ4v) is 14.9. The van der Waals surface area contributed by atoms with Crippen molar-refractivity contribution in [1.82, 2.24) is 0 Å². The van der Waals surface area contributed by atoms with Crippen LogP contribution in [0.5, 0.6) is 0 Å². The molecule has 1 aromatic heterocycles. The lowest BCUT2D eigenvalue weighted by molar-refractivity contribution is 0.332. The first-order chi connectivity index (χ1) is 35.2. The molecule has 0 saturated heterocycles. The Morgan fingerprint density at radius 3 is 1.59 bits per heavy atom. The van der Waals surface area contributed by atoms with Crippen molar-refractivity contribution in [1.29, 1.82) is 0 Å². The zero-order chi connectivity index (χ0) is 52.9. The maximum absolute atomic E-state index is 6.58. The highest BCUT2D eigenvalue weighted by Gasteiger charge is 2.49. The van der Waals surface area contributed by atoms with Crippen LogP contribution in [-0.2, 0) is 37.9 Å². The Hall–Kier alpha value is -6.00. The molecule has 382 valence electrons. The third-order valence-corrected chi connectivity index (χ3v) is 20.1. The molecular weight excluding hydrogens is 908 g/mol. The van der Waals surface area contributed by atoms with Crippen LogP contribution in [0.25, 0.3) is 33.1 Å². The summed E-state index contributed by atoms with van der Waals surface area (Å²) in [5, 5.41) is 2.34. The SMILES string of the molecule is Cc1cc2c(cc1N1c3ccc(-c4cccc5oc6ccccc6c45)cc3B3c4cc5c(cc4N(c4ccc6c(c4)C(C)(C)CCC6(C)C)c4cc(C(C)(C)C)cc1c43)C(C)(C)CCC5(C)C)C(C)(C)CCC2(C)C. The lowest BCUT2D eigenvalue weighted by Crippen LogP contribution is -2.62. The van der Waals surface area contributed by atoms with Gasteiger partial charge in [-0.05, 0) is 210 Å². The van der Waals surface area contributed by atoms with Crippen molar-refractivity contribution in [3.63, 3.8) is 0 Å². The van der Waals surface area contributed by atoms with Crippen molar-refractivity contribution in [3.05, 3.63) is 160 Å². The summed E-state index contributed by atoms with van der Waals surface area (Å²) in [6.45, 7) is 39.3. The van der Waals surface area contributed by atoms with Gasteiger partial charge in [0.05, 0.1) is 0 Å². The largest absolute Gasteiger partial charge is 0.456 e. The van der Waals surface area contributed by atoms with Crippen LogP contribution in [0.4, 0.5) is 34.1 Å². The molecule has 0 spiro atoms. The molecule has 4 heteroatoms. The van der Waals surface area contributed by atoms with E-state index in [2.05, 4.69) is 236 Å². The van der Waals surface area contributed by atoms with E-state index in [0.717, 1.165) is 29.4 Å². The number of hydrogen-bond donors (Lipinski definition) is 0. The highest BCUT2D eigenvalue weighted by atomic mass is 16.3. The molecule has 3 nitrogen and oxygen atoms in total. The van der Waals surface area contributed by atoms with Crippen LogP contribution < -0.4 is 26.2 Å². The monoisotopic (exact) mass is 987 g/mol. The molecule has 7 aromatic carbocycles. The topological polar surface area (TPSA) is 19.6 Å². The summed E-state index contributed by atoms with van der Waals surface area (Å²) in [7, 11) is 0. The molecule has 75 heavy (non-hydrogen) atoms. The minimum atomic E-state index is -0.129. The minimum absolute atomic E-state index is 0.0233. The fourth-order valence-electron chi connectivity index (χ4n) is 14.9. The number of nitrogens with zero attached hydrogens (tertiary/aromatic N) is 2.